The summed E-state index contributed by atoms with van der Waals surface area (Å²) >= 11 is 0. The highest BCUT2D eigenvalue weighted by Crippen LogP contribution is 2.35. The van der Waals surface area contributed by atoms with Gasteiger partial charge in [-0.25, -0.2) is 9.36 Å². The monoisotopic (exact) mass is 455 g/mol. The maximum Gasteiger partial charge on any atom is 0.333 e. The van der Waals surface area contributed by atoms with Crippen molar-refractivity contribution < 1.29 is 0 Å². The maximum atomic E-state index is 13.5. The van der Waals surface area contributed by atoms with Gasteiger partial charge in [-0.2, -0.15) is 0 Å². The Morgan fingerprint density at radius 2 is 1.54 bits per heavy atom. The van der Waals surface area contributed by atoms with E-state index in [-0.39, 0.29) is 5.56 Å². The number of aryl methyl sites for hydroxylation is 1. The van der Waals surface area contributed by atoms with Crippen LogP contribution < -0.4 is 11.2 Å². The van der Waals surface area contributed by atoms with Gasteiger partial charge in [0.25, 0.3) is 5.56 Å². The predicted octanol–water partition coefficient (Wildman–Crippen LogP) is 5.87. The molecule has 6 rings (SSSR count). The first-order valence-corrected chi connectivity index (χ1v) is 11.4. The van der Waals surface area contributed by atoms with E-state index in [9.17, 15) is 9.59 Å². The van der Waals surface area contributed by atoms with Gasteiger partial charge in [-0.05, 0) is 46.9 Å². The number of fused-ring (bicyclic) bond motifs is 2. The van der Waals surface area contributed by atoms with Crippen LogP contribution in [0.5, 0.6) is 0 Å². The topological polar surface area (TPSA) is 67.8 Å². The number of hydrogen-bond acceptors (Lipinski definition) is 3. The fourth-order valence-corrected chi connectivity index (χ4v) is 4.78. The van der Waals surface area contributed by atoms with Crippen LogP contribution in [-0.2, 0) is 0 Å². The van der Waals surface area contributed by atoms with Gasteiger partial charge in [0.15, 0.2) is 0 Å². The van der Waals surface area contributed by atoms with Crippen LogP contribution in [0.1, 0.15) is 5.56 Å². The molecular formula is C30H21N3O2. The minimum absolute atomic E-state index is 0.374. The van der Waals surface area contributed by atoms with Crippen LogP contribution in [0.25, 0.3) is 49.6 Å². The molecule has 5 heteroatoms. The summed E-state index contributed by atoms with van der Waals surface area (Å²) in [5.41, 5.74) is 5.43. The number of nitrogens with zero attached hydrogens (tertiary/aromatic N) is 2. The number of benzene rings is 4. The third kappa shape index (κ3) is 3.45. The Morgan fingerprint density at radius 3 is 2.40 bits per heavy atom. The zero-order chi connectivity index (χ0) is 23.9. The number of pyridine rings is 1. The molecule has 0 saturated carbocycles. The number of aromatic amines is 1. The Balaban J connectivity index is 1.57. The van der Waals surface area contributed by atoms with E-state index < -0.39 is 5.69 Å². The lowest BCUT2D eigenvalue weighted by atomic mass is 9.90. The second-order valence-corrected chi connectivity index (χ2v) is 8.57. The first-order valence-electron chi connectivity index (χ1n) is 11.4. The Hall–Kier alpha value is -4.77. The van der Waals surface area contributed by atoms with Crippen molar-refractivity contribution in [2.24, 2.45) is 0 Å². The molecule has 0 saturated heterocycles. The molecular weight excluding hydrogens is 434 g/mol. The van der Waals surface area contributed by atoms with Crippen LogP contribution in [-0.4, -0.2) is 14.5 Å². The number of rotatable bonds is 3. The van der Waals surface area contributed by atoms with E-state index in [0.717, 1.165) is 38.6 Å². The van der Waals surface area contributed by atoms with Gasteiger partial charge in [-0.1, -0.05) is 78.9 Å². The average molecular weight is 456 g/mol. The van der Waals surface area contributed by atoms with Crippen molar-refractivity contribution in [2.45, 2.75) is 6.92 Å². The van der Waals surface area contributed by atoms with Crippen LogP contribution in [0.2, 0.25) is 0 Å². The smallest absolute Gasteiger partial charge is 0.306 e. The van der Waals surface area contributed by atoms with Gasteiger partial charge in [0, 0.05) is 17.0 Å². The summed E-state index contributed by atoms with van der Waals surface area (Å²) in [7, 11) is 0. The third-order valence-electron chi connectivity index (χ3n) is 6.43. The lowest BCUT2D eigenvalue weighted by Gasteiger charge is -2.14. The van der Waals surface area contributed by atoms with Gasteiger partial charge < -0.3 is 4.98 Å². The fraction of sp³-hybridized carbons (Fsp3) is 0.0333. The average Bonchev–Trinajstić information content (AvgIpc) is 2.89. The number of hydrogen-bond donors (Lipinski definition) is 1. The molecule has 0 aliphatic carbocycles. The van der Waals surface area contributed by atoms with Gasteiger partial charge in [0.1, 0.15) is 0 Å². The molecule has 0 spiro atoms. The summed E-state index contributed by atoms with van der Waals surface area (Å²) in [6, 6.07) is 29.6. The molecule has 0 atom stereocenters. The highest BCUT2D eigenvalue weighted by Gasteiger charge is 2.15. The predicted molar refractivity (Wildman–Crippen MR) is 141 cm³/mol. The Kier molecular flexibility index (Phi) is 4.89. The molecule has 0 unspecified atom stereocenters. The lowest BCUT2D eigenvalue weighted by Crippen LogP contribution is -2.33. The molecule has 1 N–H and O–H groups in total. The van der Waals surface area contributed by atoms with Crippen molar-refractivity contribution in [2.75, 3.05) is 0 Å². The second-order valence-electron chi connectivity index (χ2n) is 8.57. The molecule has 0 bridgehead atoms. The highest BCUT2D eigenvalue weighted by molar-refractivity contribution is 5.92. The van der Waals surface area contributed by atoms with Crippen molar-refractivity contribution in [3.8, 4) is 27.9 Å². The van der Waals surface area contributed by atoms with E-state index >= 15 is 0 Å². The zero-order valence-electron chi connectivity index (χ0n) is 19.0. The molecule has 5 nitrogen and oxygen atoms in total. The lowest BCUT2D eigenvalue weighted by molar-refractivity contribution is 0.902. The van der Waals surface area contributed by atoms with Gasteiger partial charge in [0.05, 0.1) is 22.8 Å². The summed E-state index contributed by atoms with van der Waals surface area (Å²) in [6.07, 6.45) is 3.27. The SMILES string of the molecule is Cc1cccc(-c2ccccc2)c1-c1ccc2c(=O)n(-c3cncc4ccccc34)c(=O)[nH]c2c1. The Labute approximate surface area is 201 Å². The number of nitrogens with one attached hydrogen (secondary N) is 1. The molecule has 35 heavy (non-hydrogen) atoms. The molecule has 0 aliphatic rings. The van der Waals surface area contributed by atoms with Gasteiger partial charge >= 0.3 is 5.69 Å². The van der Waals surface area contributed by atoms with Gasteiger partial charge in [-0.15, -0.1) is 0 Å². The molecule has 0 fully saturated rings. The molecule has 0 radical (unpaired) electrons. The molecule has 168 valence electrons. The van der Waals surface area contributed by atoms with E-state index in [2.05, 4.69) is 41.2 Å². The number of aromatic nitrogens is 3. The van der Waals surface area contributed by atoms with E-state index in [1.165, 1.54) is 4.57 Å². The van der Waals surface area contributed by atoms with Crippen molar-refractivity contribution >= 4 is 21.7 Å². The zero-order valence-corrected chi connectivity index (χ0v) is 19.0. The van der Waals surface area contributed by atoms with Crippen molar-refractivity contribution in [3.63, 3.8) is 0 Å². The maximum absolute atomic E-state index is 13.5. The largest absolute Gasteiger partial charge is 0.333 e. The summed E-state index contributed by atoms with van der Waals surface area (Å²) in [5, 5.41) is 2.09. The molecule has 2 aromatic heterocycles. The molecule has 0 aliphatic heterocycles. The summed E-state index contributed by atoms with van der Waals surface area (Å²) < 4.78 is 1.17. The first-order chi connectivity index (χ1) is 17.1. The standard InChI is InChI=1S/C30H21N3O2/c1-19-8-7-13-24(20-9-3-2-4-10-20)28(19)21-14-15-25-26(16-21)32-30(35)33(29(25)34)27-18-31-17-22-11-5-6-12-23(22)27/h2-18H,1H3,(H,32,35). The Morgan fingerprint density at radius 1 is 0.743 bits per heavy atom. The molecule has 0 amide bonds. The van der Waals surface area contributed by atoms with Crippen LogP contribution in [0, 0.1) is 6.92 Å². The van der Waals surface area contributed by atoms with Crippen LogP contribution in [0.15, 0.2) is 113 Å². The van der Waals surface area contributed by atoms with Crippen LogP contribution in [0.3, 0.4) is 0 Å². The normalized spacial score (nSPS) is 11.2. The molecule has 4 aromatic carbocycles. The second kappa shape index (κ2) is 8.22. The van der Waals surface area contributed by atoms with Gasteiger partial charge in [-0.3, -0.25) is 9.78 Å². The summed E-state index contributed by atoms with van der Waals surface area (Å²) in [4.78, 5) is 33.9. The fourth-order valence-electron chi connectivity index (χ4n) is 4.78. The van der Waals surface area contributed by atoms with E-state index in [1.54, 1.807) is 18.5 Å². The third-order valence-corrected chi connectivity index (χ3v) is 6.43. The highest BCUT2D eigenvalue weighted by atomic mass is 16.2. The van der Waals surface area contributed by atoms with Crippen molar-refractivity contribution in [1.29, 1.82) is 0 Å². The minimum Gasteiger partial charge on any atom is -0.306 e. The number of H-pyrrole nitrogens is 1. The van der Waals surface area contributed by atoms with Crippen molar-refractivity contribution in [3.05, 3.63) is 130 Å². The minimum atomic E-state index is -0.495. The summed E-state index contributed by atoms with van der Waals surface area (Å²) in [5.74, 6) is 0. The van der Waals surface area contributed by atoms with E-state index in [1.807, 2.05) is 60.7 Å². The van der Waals surface area contributed by atoms with E-state index in [0.29, 0.717) is 16.6 Å². The molecule has 6 aromatic rings. The van der Waals surface area contributed by atoms with E-state index in [4.69, 9.17) is 0 Å². The van der Waals surface area contributed by atoms with Crippen LogP contribution >= 0.6 is 0 Å². The van der Waals surface area contributed by atoms with Crippen molar-refractivity contribution in [1.82, 2.24) is 14.5 Å². The van der Waals surface area contributed by atoms with Gasteiger partial charge in [0.2, 0.25) is 0 Å². The molecule has 2 heterocycles. The summed E-state index contributed by atoms with van der Waals surface area (Å²) in [6.45, 7) is 2.07. The quantitative estimate of drug-likeness (QED) is 0.363. The first kappa shape index (κ1) is 20.8. The Bertz CT molecular complexity index is 1850. The van der Waals surface area contributed by atoms with Crippen LogP contribution in [0.4, 0.5) is 0 Å².